The average molecular weight is 370 g/mol. The summed E-state index contributed by atoms with van der Waals surface area (Å²) in [4.78, 5) is 29.9. The van der Waals surface area contributed by atoms with Gasteiger partial charge in [0.1, 0.15) is 11.6 Å². The van der Waals surface area contributed by atoms with Crippen molar-refractivity contribution in [1.82, 2.24) is 9.88 Å². The van der Waals surface area contributed by atoms with Gasteiger partial charge in [0, 0.05) is 31.9 Å². The Morgan fingerprint density at radius 2 is 1.85 bits per heavy atom. The van der Waals surface area contributed by atoms with E-state index in [0.717, 1.165) is 29.7 Å². The van der Waals surface area contributed by atoms with Gasteiger partial charge in [0.25, 0.3) is 0 Å². The van der Waals surface area contributed by atoms with Crippen molar-refractivity contribution in [3.05, 3.63) is 70.6 Å². The number of ketones is 1. The van der Waals surface area contributed by atoms with Crippen LogP contribution < -0.4 is 0 Å². The number of Topliss-reactive ketones (excluding diaryl/α,β-unsaturated/α-hetero) is 1. The van der Waals surface area contributed by atoms with Gasteiger partial charge in [-0.3, -0.25) is 14.6 Å². The van der Waals surface area contributed by atoms with Gasteiger partial charge in [-0.2, -0.15) is 0 Å². The summed E-state index contributed by atoms with van der Waals surface area (Å²) in [6.07, 6.45) is 2.26. The van der Waals surface area contributed by atoms with Crippen LogP contribution in [0.1, 0.15) is 41.9 Å². The van der Waals surface area contributed by atoms with Crippen molar-refractivity contribution in [3.8, 4) is 0 Å². The molecule has 4 nitrogen and oxygen atoms in total. The third kappa shape index (κ3) is 4.10. The number of amides is 1. The minimum atomic E-state index is -0.871. The molecule has 1 amide bonds. The van der Waals surface area contributed by atoms with E-state index in [1.54, 1.807) is 24.1 Å². The molecule has 0 fully saturated rings. The van der Waals surface area contributed by atoms with E-state index in [1.165, 1.54) is 11.6 Å². The molecule has 0 N–H and O–H groups in total. The number of hydrogen-bond acceptors (Lipinski definition) is 3. The Balaban J connectivity index is 1.78. The lowest BCUT2D eigenvalue weighted by Crippen LogP contribution is -2.34. The lowest BCUT2D eigenvalue weighted by atomic mass is 9.95. The van der Waals surface area contributed by atoms with Gasteiger partial charge in [0.15, 0.2) is 5.78 Å². The van der Waals surface area contributed by atoms with Gasteiger partial charge in [-0.1, -0.05) is 17.7 Å². The number of aromatic nitrogens is 1. The standard InChI is InChI=1S/C21H20F2N2O2/c1-13-8-9-25(14(2)26)12-17(13)15-6-7-16(24-11-15)10-20(27)21-18(22)4-3-5-19(21)23/h3-7,11H,8-10,12H2,1-2H3. The van der Waals surface area contributed by atoms with Crippen molar-refractivity contribution in [3.63, 3.8) is 0 Å². The highest BCUT2D eigenvalue weighted by Crippen LogP contribution is 2.26. The Kier molecular flexibility index (Phi) is 5.44. The number of halogens is 2. The second-order valence-corrected chi connectivity index (χ2v) is 6.68. The van der Waals surface area contributed by atoms with E-state index < -0.39 is 23.0 Å². The van der Waals surface area contributed by atoms with Gasteiger partial charge in [-0.25, -0.2) is 8.78 Å². The number of rotatable bonds is 4. The van der Waals surface area contributed by atoms with Crippen LogP contribution in [0.5, 0.6) is 0 Å². The molecule has 0 radical (unpaired) electrons. The fourth-order valence-electron chi connectivity index (χ4n) is 3.19. The number of nitrogens with zero attached hydrogens (tertiary/aromatic N) is 2. The molecular weight excluding hydrogens is 350 g/mol. The molecule has 0 unspecified atom stereocenters. The topological polar surface area (TPSA) is 50.3 Å². The average Bonchev–Trinajstić information content (AvgIpc) is 2.62. The fraction of sp³-hybridized carbons (Fsp3) is 0.286. The van der Waals surface area contributed by atoms with E-state index in [4.69, 9.17) is 0 Å². The van der Waals surface area contributed by atoms with Crippen LogP contribution in [0.2, 0.25) is 0 Å². The first-order valence-electron chi connectivity index (χ1n) is 8.73. The number of benzene rings is 1. The van der Waals surface area contributed by atoms with Crippen molar-refractivity contribution in [2.75, 3.05) is 13.1 Å². The third-order valence-electron chi connectivity index (χ3n) is 4.82. The molecule has 0 atom stereocenters. The molecule has 2 aromatic rings. The summed E-state index contributed by atoms with van der Waals surface area (Å²) >= 11 is 0. The van der Waals surface area contributed by atoms with Gasteiger partial charge in [0.05, 0.1) is 12.0 Å². The second kappa shape index (κ2) is 7.78. The fourth-order valence-corrected chi connectivity index (χ4v) is 3.19. The van der Waals surface area contributed by atoms with E-state index >= 15 is 0 Å². The summed E-state index contributed by atoms with van der Waals surface area (Å²) in [6.45, 7) is 4.82. The highest BCUT2D eigenvalue weighted by atomic mass is 19.1. The highest BCUT2D eigenvalue weighted by Gasteiger charge is 2.21. The molecular formula is C21H20F2N2O2. The van der Waals surface area contributed by atoms with Crippen LogP contribution in [0.3, 0.4) is 0 Å². The number of pyridine rings is 1. The van der Waals surface area contributed by atoms with Gasteiger partial charge in [-0.05, 0) is 42.7 Å². The molecule has 0 spiro atoms. The quantitative estimate of drug-likeness (QED) is 0.769. The van der Waals surface area contributed by atoms with E-state index in [2.05, 4.69) is 4.98 Å². The number of carbonyl (C=O) groups is 2. The molecule has 0 bridgehead atoms. The molecule has 0 saturated carbocycles. The van der Waals surface area contributed by atoms with Crippen LogP contribution >= 0.6 is 0 Å². The minimum Gasteiger partial charge on any atom is -0.338 e. The van der Waals surface area contributed by atoms with Gasteiger partial charge >= 0.3 is 0 Å². The predicted octanol–water partition coefficient (Wildman–Crippen LogP) is 3.81. The predicted molar refractivity (Wildman–Crippen MR) is 98.1 cm³/mol. The summed E-state index contributed by atoms with van der Waals surface area (Å²) in [5, 5.41) is 0. The van der Waals surface area contributed by atoms with Crippen molar-refractivity contribution in [2.24, 2.45) is 0 Å². The molecule has 1 aromatic heterocycles. The van der Waals surface area contributed by atoms with Crippen LogP contribution in [0.4, 0.5) is 8.78 Å². The molecule has 0 aliphatic carbocycles. The molecule has 6 heteroatoms. The molecule has 1 aliphatic heterocycles. The summed E-state index contributed by atoms with van der Waals surface area (Å²) in [5.74, 6) is -2.36. The normalized spacial score (nSPS) is 14.4. The van der Waals surface area contributed by atoms with Crippen molar-refractivity contribution in [1.29, 1.82) is 0 Å². The first-order chi connectivity index (χ1) is 12.9. The lowest BCUT2D eigenvalue weighted by Gasteiger charge is -2.29. The van der Waals surface area contributed by atoms with Gasteiger partial charge in [0.2, 0.25) is 5.91 Å². The lowest BCUT2D eigenvalue weighted by molar-refractivity contribution is -0.128. The van der Waals surface area contributed by atoms with Crippen LogP contribution in [0.25, 0.3) is 5.57 Å². The molecule has 2 heterocycles. The third-order valence-corrected chi connectivity index (χ3v) is 4.82. The zero-order chi connectivity index (χ0) is 19.6. The monoisotopic (exact) mass is 370 g/mol. The second-order valence-electron chi connectivity index (χ2n) is 6.68. The SMILES string of the molecule is CC(=O)N1CCC(C)=C(c2ccc(CC(=O)c3c(F)cccc3F)nc2)C1. The van der Waals surface area contributed by atoms with Crippen molar-refractivity contribution >= 4 is 17.3 Å². The maximum absolute atomic E-state index is 13.7. The first kappa shape index (κ1) is 18.9. The van der Waals surface area contributed by atoms with E-state index in [9.17, 15) is 18.4 Å². The number of hydrogen-bond donors (Lipinski definition) is 0. The Morgan fingerprint density at radius 3 is 2.44 bits per heavy atom. The van der Waals surface area contributed by atoms with Crippen LogP contribution in [-0.2, 0) is 11.2 Å². The van der Waals surface area contributed by atoms with Crippen LogP contribution in [0, 0.1) is 11.6 Å². The molecule has 1 aromatic carbocycles. The molecule has 3 rings (SSSR count). The Bertz CT molecular complexity index is 900. The minimum absolute atomic E-state index is 0.0297. The smallest absolute Gasteiger partial charge is 0.219 e. The van der Waals surface area contributed by atoms with Crippen LogP contribution in [0.15, 0.2) is 42.1 Å². The maximum atomic E-state index is 13.7. The largest absolute Gasteiger partial charge is 0.338 e. The molecule has 0 saturated heterocycles. The Labute approximate surface area is 156 Å². The summed E-state index contributed by atoms with van der Waals surface area (Å²) < 4.78 is 27.5. The Morgan fingerprint density at radius 1 is 1.15 bits per heavy atom. The summed E-state index contributed by atoms with van der Waals surface area (Å²) in [5.41, 5.74) is 3.02. The van der Waals surface area contributed by atoms with Gasteiger partial charge in [-0.15, -0.1) is 0 Å². The molecule has 140 valence electrons. The van der Waals surface area contributed by atoms with Crippen molar-refractivity contribution in [2.45, 2.75) is 26.7 Å². The Hall–Kier alpha value is -2.89. The zero-order valence-electron chi connectivity index (χ0n) is 15.3. The van der Waals surface area contributed by atoms with E-state index in [1.807, 2.05) is 13.0 Å². The highest BCUT2D eigenvalue weighted by molar-refractivity contribution is 5.97. The van der Waals surface area contributed by atoms with Crippen molar-refractivity contribution < 1.29 is 18.4 Å². The first-order valence-corrected chi connectivity index (χ1v) is 8.73. The van der Waals surface area contributed by atoms with Gasteiger partial charge < -0.3 is 4.90 Å². The van der Waals surface area contributed by atoms with E-state index in [-0.39, 0.29) is 12.3 Å². The zero-order valence-corrected chi connectivity index (χ0v) is 15.3. The summed E-state index contributed by atoms with van der Waals surface area (Å²) in [6, 6.07) is 6.85. The maximum Gasteiger partial charge on any atom is 0.219 e. The van der Waals surface area contributed by atoms with Crippen LogP contribution in [-0.4, -0.2) is 34.7 Å². The molecule has 27 heavy (non-hydrogen) atoms. The molecule has 1 aliphatic rings. The van der Waals surface area contributed by atoms with E-state index in [0.29, 0.717) is 18.8 Å². The summed E-state index contributed by atoms with van der Waals surface area (Å²) in [7, 11) is 0. The number of carbonyl (C=O) groups excluding carboxylic acids is 2.